The van der Waals surface area contributed by atoms with Crippen LogP contribution >= 0.6 is 23.4 Å². The molecule has 0 spiro atoms. The third-order valence-electron chi connectivity index (χ3n) is 0.532. The topological polar surface area (TPSA) is 12.0 Å². The van der Waals surface area contributed by atoms with Crippen LogP contribution < -0.4 is 4.84 Å². The van der Waals surface area contributed by atoms with E-state index in [1.165, 1.54) is 0 Å². The molecule has 0 aromatic rings. The number of hydrogen-bond acceptors (Lipinski definition) is 1. The van der Waals surface area contributed by atoms with Crippen LogP contribution in [0.25, 0.3) is 0 Å². The Morgan fingerprint density at radius 2 is 2.43 bits per heavy atom. The molecule has 1 N–H and O–H groups in total. The van der Waals surface area contributed by atoms with Gasteiger partial charge >= 0.3 is 0 Å². The zero-order chi connectivity index (χ0) is 5.70. The zero-order valence-corrected chi connectivity index (χ0v) is 5.55. The number of rotatable bonds is 2. The van der Waals surface area contributed by atoms with E-state index in [1.54, 1.807) is 6.08 Å². The van der Waals surface area contributed by atoms with Crippen molar-refractivity contribution in [2.45, 2.75) is 6.92 Å². The van der Waals surface area contributed by atoms with Gasteiger partial charge in [0.15, 0.2) is 0 Å². The van der Waals surface area contributed by atoms with Crippen molar-refractivity contribution in [2.24, 2.45) is 0 Å². The summed E-state index contributed by atoms with van der Waals surface area (Å²) < 4.78 is 0. The molecule has 1 nitrogen and oxygen atoms in total. The number of hydrogen-bond donors (Lipinski definition) is 1. The van der Waals surface area contributed by atoms with Crippen LogP contribution in [0.2, 0.25) is 0 Å². The third kappa shape index (κ3) is 3.96. The van der Waals surface area contributed by atoms with Gasteiger partial charge in [-0.1, -0.05) is 0 Å². The normalized spacial score (nSPS) is 11.6. The van der Waals surface area contributed by atoms with E-state index < -0.39 is 0 Å². The highest BCUT2D eigenvalue weighted by Gasteiger charge is 1.77. The van der Waals surface area contributed by atoms with Gasteiger partial charge in [0.05, 0.1) is 0 Å². The highest BCUT2D eigenvalue weighted by molar-refractivity contribution is 6.19. The molecule has 0 bridgehead atoms. The zero-order valence-electron chi connectivity index (χ0n) is 4.04. The van der Waals surface area contributed by atoms with E-state index in [2.05, 4.69) is 4.84 Å². The summed E-state index contributed by atoms with van der Waals surface area (Å²) in [4.78, 5) is 2.41. The minimum Gasteiger partial charge on any atom is -0.303 e. The lowest BCUT2D eigenvalue weighted by Crippen LogP contribution is -1.92. The van der Waals surface area contributed by atoms with E-state index in [0.717, 1.165) is 5.70 Å². The fourth-order valence-corrected chi connectivity index (χ4v) is 0.463. The van der Waals surface area contributed by atoms with Gasteiger partial charge in [0.25, 0.3) is 0 Å². The molecule has 0 radical (unpaired) electrons. The summed E-state index contributed by atoms with van der Waals surface area (Å²) in [7, 11) is 0. The first-order valence-electron chi connectivity index (χ1n) is 1.90. The van der Waals surface area contributed by atoms with Crippen molar-refractivity contribution in [1.29, 1.82) is 0 Å². The van der Waals surface area contributed by atoms with Crippen LogP contribution in [0.15, 0.2) is 11.8 Å². The minimum atomic E-state index is 0.506. The Kier molecular flexibility index (Phi) is 4.36. The fourth-order valence-electron chi connectivity index (χ4n) is 0.154. The Labute approximate surface area is 53.4 Å². The van der Waals surface area contributed by atoms with Gasteiger partial charge in [-0.15, -0.1) is 11.6 Å². The Morgan fingerprint density at radius 1 is 1.86 bits per heavy atom. The number of alkyl halides is 1. The quantitative estimate of drug-likeness (QED) is 0.456. The summed E-state index contributed by atoms with van der Waals surface area (Å²) in [5.74, 6) is 0.506. The first-order valence-corrected chi connectivity index (χ1v) is 2.82. The molecular weight excluding hydrogens is 133 g/mol. The van der Waals surface area contributed by atoms with Gasteiger partial charge in [0.2, 0.25) is 0 Å². The molecule has 0 rings (SSSR count). The first-order chi connectivity index (χ1) is 3.31. The Hall–Kier alpha value is 0.120. The SMILES string of the molecule is C/C(=C\CCl)NCl. The molecule has 0 aliphatic heterocycles. The predicted molar refractivity (Wildman–Crippen MR) is 33.5 cm³/mol. The third-order valence-corrected chi connectivity index (χ3v) is 0.985. The maximum Gasteiger partial charge on any atom is 0.0423 e. The molecule has 42 valence electrons. The van der Waals surface area contributed by atoms with E-state index in [4.69, 9.17) is 23.4 Å². The molecule has 0 aromatic heterocycles. The molecule has 3 heteroatoms. The molecule has 0 saturated heterocycles. The molecule has 0 aliphatic carbocycles. The van der Waals surface area contributed by atoms with Gasteiger partial charge in [-0.25, -0.2) is 0 Å². The Morgan fingerprint density at radius 3 is 2.57 bits per heavy atom. The molecule has 0 saturated carbocycles. The van der Waals surface area contributed by atoms with Crippen LogP contribution in [0.4, 0.5) is 0 Å². The van der Waals surface area contributed by atoms with E-state index in [9.17, 15) is 0 Å². The minimum absolute atomic E-state index is 0.506. The molecule has 7 heavy (non-hydrogen) atoms. The maximum absolute atomic E-state index is 5.30. The van der Waals surface area contributed by atoms with E-state index >= 15 is 0 Å². The number of allylic oxidation sites excluding steroid dienone is 2. The van der Waals surface area contributed by atoms with Gasteiger partial charge in [-0.05, 0) is 13.0 Å². The smallest absolute Gasteiger partial charge is 0.0423 e. The molecule has 0 heterocycles. The van der Waals surface area contributed by atoms with Crippen LogP contribution in [0.3, 0.4) is 0 Å². The van der Waals surface area contributed by atoms with E-state index in [1.807, 2.05) is 6.92 Å². The second kappa shape index (κ2) is 4.28. The molecular formula is C4H7Cl2N. The lowest BCUT2D eigenvalue weighted by atomic mass is 10.5. The van der Waals surface area contributed by atoms with Crippen molar-refractivity contribution >= 4 is 23.4 Å². The molecule has 0 fully saturated rings. The van der Waals surface area contributed by atoms with Crippen molar-refractivity contribution in [1.82, 2.24) is 4.84 Å². The van der Waals surface area contributed by atoms with Crippen LogP contribution in [0, 0.1) is 0 Å². The Balaban J connectivity index is 3.29. The maximum atomic E-state index is 5.30. The highest BCUT2D eigenvalue weighted by atomic mass is 35.5. The van der Waals surface area contributed by atoms with Gasteiger partial charge in [0, 0.05) is 23.4 Å². The average molecular weight is 140 g/mol. The lowest BCUT2D eigenvalue weighted by molar-refractivity contribution is 1.18. The van der Waals surface area contributed by atoms with E-state index in [0.29, 0.717) is 5.88 Å². The summed E-state index contributed by atoms with van der Waals surface area (Å²) in [5.41, 5.74) is 0.886. The molecule has 0 aliphatic rings. The summed E-state index contributed by atoms with van der Waals surface area (Å²) in [5, 5.41) is 0. The largest absolute Gasteiger partial charge is 0.303 e. The van der Waals surface area contributed by atoms with Crippen LogP contribution in [-0.2, 0) is 0 Å². The molecule has 0 atom stereocenters. The lowest BCUT2D eigenvalue weighted by Gasteiger charge is -1.90. The van der Waals surface area contributed by atoms with Crippen LogP contribution in [0.1, 0.15) is 6.92 Å². The van der Waals surface area contributed by atoms with Crippen molar-refractivity contribution < 1.29 is 0 Å². The van der Waals surface area contributed by atoms with Crippen molar-refractivity contribution in [2.75, 3.05) is 5.88 Å². The second-order valence-corrected chi connectivity index (χ2v) is 1.63. The van der Waals surface area contributed by atoms with Gasteiger partial charge in [-0.3, -0.25) is 0 Å². The highest BCUT2D eigenvalue weighted by Crippen LogP contribution is 1.87. The predicted octanol–water partition coefficient (Wildman–Crippen LogP) is 1.87. The summed E-state index contributed by atoms with van der Waals surface area (Å²) in [6, 6.07) is 0. The van der Waals surface area contributed by atoms with Crippen LogP contribution in [-0.4, -0.2) is 5.88 Å². The van der Waals surface area contributed by atoms with Crippen LogP contribution in [0.5, 0.6) is 0 Å². The summed E-state index contributed by atoms with van der Waals surface area (Å²) in [6.07, 6.45) is 1.79. The number of nitrogens with one attached hydrogen (secondary N) is 1. The van der Waals surface area contributed by atoms with Crippen molar-refractivity contribution in [3.63, 3.8) is 0 Å². The van der Waals surface area contributed by atoms with E-state index in [-0.39, 0.29) is 0 Å². The summed E-state index contributed by atoms with van der Waals surface area (Å²) in [6.45, 7) is 1.84. The fraction of sp³-hybridized carbons (Fsp3) is 0.500. The standard InChI is InChI=1S/C4H7Cl2N/c1-4(7-6)2-3-5/h2,7H,3H2,1H3/b4-2+. The first kappa shape index (κ1) is 7.12. The molecule has 0 amide bonds. The van der Waals surface area contributed by atoms with Gasteiger partial charge in [0.1, 0.15) is 0 Å². The Bertz CT molecular complexity index is 70.1. The van der Waals surface area contributed by atoms with Gasteiger partial charge < -0.3 is 4.84 Å². The molecule has 0 aromatic carbocycles. The van der Waals surface area contributed by atoms with Crippen molar-refractivity contribution in [3.05, 3.63) is 11.8 Å². The number of halogens is 2. The average Bonchev–Trinajstić information content (AvgIpc) is 1.68. The summed E-state index contributed by atoms with van der Waals surface area (Å²) >= 11 is 10.5. The monoisotopic (exact) mass is 139 g/mol. The van der Waals surface area contributed by atoms with Gasteiger partial charge in [-0.2, -0.15) is 0 Å². The second-order valence-electron chi connectivity index (χ2n) is 1.14. The van der Waals surface area contributed by atoms with Crippen molar-refractivity contribution in [3.8, 4) is 0 Å². The molecule has 0 unspecified atom stereocenters.